The molecule has 1 amide bonds. The number of thioether (sulfide) groups is 1. The first-order valence-corrected chi connectivity index (χ1v) is 11.9. The standard InChI is InChI=1S/C22H21N3O4S2/c1-27-15-6-7-17-19(12-15)31-22(24-17)28-14-8-10-25(11-9-14)20(26)13-30-21-23-16-4-2-3-5-18(16)29-21/h2-7,12,14H,8-11,13H2,1H3. The van der Waals surface area contributed by atoms with Gasteiger partial charge in [0, 0.05) is 25.9 Å². The Hall–Kier alpha value is -2.78. The van der Waals surface area contributed by atoms with Crippen molar-refractivity contribution in [2.45, 2.75) is 24.2 Å². The van der Waals surface area contributed by atoms with Crippen LogP contribution in [0.4, 0.5) is 0 Å². The van der Waals surface area contributed by atoms with E-state index in [-0.39, 0.29) is 12.0 Å². The maximum absolute atomic E-state index is 12.6. The average Bonchev–Trinajstić information content (AvgIpc) is 3.40. The molecule has 0 aliphatic carbocycles. The van der Waals surface area contributed by atoms with Crippen molar-refractivity contribution >= 4 is 50.3 Å². The summed E-state index contributed by atoms with van der Waals surface area (Å²) in [6.45, 7) is 1.35. The van der Waals surface area contributed by atoms with E-state index in [0.717, 1.165) is 39.9 Å². The van der Waals surface area contributed by atoms with Gasteiger partial charge in [-0.1, -0.05) is 35.2 Å². The van der Waals surface area contributed by atoms with Crippen LogP contribution in [0.15, 0.2) is 52.1 Å². The lowest BCUT2D eigenvalue weighted by molar-refractivity contribution is -0.130. The molecule has 0 spiro atoms. The highest BCUT2D eigenvalue weighted by Crippen LogP contribution is 2.32. The zero-order valence-electron chi connectivity index (χ0n) is 16.9. The van der Waals surface area contributed by atoms with E-state index in [1.54, 1.807) is 7.11 Å². The molecule has 31 heavy (non-hydrogen) atoms. The predicted molar refractivity (Wildman–Crippen MR) is 121 cm³/mol. The van der Waals surface area contributed by atoms with Gasteiger partial charge in [0.15, 0.2) is 5.58 Å². The SMILES string of the molecule is COc1ccc2nc(OC3CCN(C(=O)CSc4nc5ccccc5o4)CC3)sc2c1. The molecule has 3 heterocycles. The van der Waals surface area contributed by atoms with Crippen molar-refractivity contribution < 1.29 is 18.7 Å². The fourth-order valence-corrected chi connectivity index (χ4v) is 5.21. The first kappa shape index (κ1) is 20.1. The van der Waals surface area contributed by atoms with Crippen molar-refractivity contribution in [2.24, 2.45) is 0 Å². The molecule has 2 aromatic carbocycles. The second-order valence-electron chi connectivity index (χ2n) is 7.25. The van der Waals surface area contributed by atoms with Crippen LogP contribution in [-0.2, 0) is 4.79 Å². The van der Waals surface area contributed by atoms with Gasteiger partial charge >= 0.3 is 0 Å². The lowest BCUT2D eigenvalue weighted by Crippen LogP contribution is -2.42. The summed E-state index contributed by atoms with van der Waals surface area (Å²) in [5, 5.41) is 1.19. The molecule has 0 N–H and O–H groups in total. The van der Waals surface area contributed by atoms with Crippen LogP contribution in [0, 0.1) is 0 Å². The van der Waals surface area contributed by atoms with E-state index >= 15 is 0 Å². The molecule has 1 fully saturated rings. The summed E-state index contributed by atoms with van der Waals surface area (Å²) in [5.74, 6) is 1.22. The van der Waals surface area contributed by atoms with Gasteiger partial charge in [-0.25, -0.2) is 9.97 Å². The van der Waals surface area contributed by atoms with Gasteiger partial charge in [-0.05, 0) is 30.3 Å². The molecule has 2 aromatic heterocycles. The molecule has 1 aliphatic rings. The molecule has 1 saturated heterocycles. The summed E-state index contributed by atoms with van der Waals surface area (Å²) in [6, 6.07) is 13.4. The third-order valence-corrected chi connectivity index (χ3v) is 6.95. The van der Waals surface area contributed by atoms with Gasteiger partial charge in [-0.15, -0.1) is 0 Å². The normalized spacial score (nSPS) is 14.9. The molecule has 160 valence electrons. The quantitative estimate of drug-likeness (QED) is 0.393. The number of benzene rings is 2. The molecule has 0 atom stereocenters. The van der Waals surface area contributed by atoms with Gasteiger partial charge in [0.25, 0.3) is 10.4 Å². The molecule has 9 heteroatoms. The minimum absolute atomic E-state index is 0.0659. The Morgan fingerprint density at radius 3 is 2.84 bits per heavy atom. The number of nitrogens with zero attached hydrogens (tertiary/aromatic N) is 3. The fourth-order valence-electron chi connectivity index (χ4n) is 3.55. The number of rotatable bonds is 6. The lowest BCUT2D eigenvalue weighted by atomic mass is 10.1. The number of hydrogen-bond donors (Lipinski definition) is 0. The van der Waals surface area contributed by atoms with Crippen LogP contribution in [0.5, 0.6) is 10.9 Å². The molecule has 0 radical (unpaired) electrons. The third-order valence-electron chi connectivity index (χ3n) is 5.23. The number of oxazole rings is 1. The summed E-state index contributed by atoms with van der Waals surface area (Å²) in [5.41, 5.74) is 2.46. The van der Waals surface area contributed by atoms with Crippen LogP contribution in [0.25, 0.3) is 21.3 Å². The van der Waals surface area contributed by atoms with Gasteiger partial charge in [0.1, 0.15) is 17.4 Å². The zero-order valence-corrected chi connectivity index (χ0v) is 18.6. The third kappa shape index (κ3) is 4.47. The Bertz CT molecular complexity index is 1180. The number of likely N-dealkylation sites (tertiary alicyclic amines) is 1. The van der Waals surface area contributed by atoms with Gasteiger partial charge in [-0.2, -0.15) is 0 Å². The summed E-state index contributed by atoms with van der Waals surface area (Å²) in [4.78, 5) is 23.5. The van der Waals surface area contributed by atoms with E-state index in [1.165, 1.54) is 23.1 Å². The highest BCUT2D eigenvalue weighted by Gasteiger charge is 2.25. The second kappa shape index (κ2) is 8.76. The minimum atomic E-state index is 0.0659. The van der Waals surface area contributed by atoms with Gasteiger partial charge < -0.3 is 18.8 Å². The van der Waals surface area contributed by atoms with Crippen LogP contribution in [0.3, 0.4) is 0 Å². The maximum atomic E-state index is 12.6. The zero-order chi connectivity index (χ0) is 21.2. The van der Waals surface area contributed by atoms with E-state index in [4.69, 9.17) is 13.9 Å². The highest BCUT2D eigenvalue weighted by molar-refractivity contribution is 7.99. The van der Waals surface area contributed by atoms with Crippen molar-refractivity contribution in [3.8, 4) is 10.9 Å². The number of thiazole rings is 1. The number of carbonyl (C=O) groups excluding carboxylic acids is 1. The highest BCUT2D eigenvalue weighted by atomic mass is 32.2. The van der Waals surface area contributed by atoms with Crippen molar-refractivity contribution in [2.75, 3.05) is 26.0 Å². The number of fused-ring (bicyclic) bond motifs is 2. The Balaban J connectivity index is 1.12. The summed E-state index contributed by atoms with van der Waals surface area (Å²) >= 11 is 2.86. The van der Waals surface area contributed by atoms with Gasteiger partial charge in [0.05, 0.1) is 23.1 Å². The summed E-state index contributed by atoms with van der Waals surface area (Å²) in [7, 11) is 1.65. The number of methoxy groups -OCH3 is 1. The maximum Gasteiger partial charge on any atom is 0.274 e. The Kier molecular flexibility index (Phi) is 5.69. The van der Waals surface area contributed by atoms with Crippen molar-refractivity contribution in [1.82, 2.24) is 14.9 Å². The van der Waals surface area contributed by atoms with Crippen LogP contribution in [0.1, 0.15) is 12.8 Å². The number of piperidine rings is 1. The van der Waals surface area contributed by atoms with Crippen LogP contribution < -0.4 is 9.47 Å². The molecular weight excluding hydrogens is 434 g/mol. The van der Waals surface area contributed by atoms with Crippen LogP contribution in [0.2, 0.25) is 0 Å². The van der Waals surface area contributed by atoms with Crippen molar-refractivity contribution in [3.63, 3.8) is 0 Å². The largest absolute Gasteiger partial charge is 0.497 e. The fraction of sp³-hybridized carbons (Fsp3) is 0.318. The first-order valence-electron chi connectivity index (χ1n) is 10.1. The smallest absolute Gasteiger partial charge is 0.274 e. The molecule has 4 aromatic rings. The van der Waals surface area contributed by atoms with E-state index in [0.29, 0.717) is 29.3 Å². The Morgan fingerprint density at radius 1 is 1.19 bits per heavy atom. The first-order chi connectivity index (χ1) is 15.2. The topological polar surface area (TPSA) is 77.7 Å². The molecule has 5 rings (SSSR count). The second-order valence-corrected chi connectivity index (χ2v) is 9.17. The van der Waals surface area contributed by atoms with Crippen molar-refractivity contribution in [1.29, 1.82) is 0 Å². The number of aromatic nitrogens is 2. The molecule has 0 bridgehead atoms. The van der Waals surface area contributed by atoms with Gasteiger partial charge in [0.2, 0.25) is 5.91 Å². The predicted octanol–water partition coefficient (Wildman–Crippen LogP) is 4.61. The van der Waals surface area contributed by atoms with Crippen LogP contribution >= 0.6 is 23.1 Å². The number of para-hydroxylation sites is 2. The molecule has 7 nitrogen and oxygen atoms in total. The summed E-state index contributed by atoms with van der Waals surface area (Å²) < 4.78 is 18.1. The van der Waals surface area contributed by atoms with Crippen molar-refractivity contribution in [3.05, 3.63) is 42.5 Å². The van der Waals surface area contributed by atoms with E-state index in [1.807, 2.05) is 47.4 Å². The Labute approximate surface area is 187 Å². The van der Waals surface area contributed by atoms with E-state index in [9.17, 15) is 4.79 Å². The number of carbonyl (C=O) groups is 1. The molecule has 1 aliphatic heterocycles. The molecule has 0 unspecified atom stereocenters. The molecular formula is C22H21N3O4S2. The number of hydrogen-bond acceptors (Lipinski definition) is 8. The summed E-state index contributed by atoms with van der Waals surface area (Å²) in [6.07, 6.45) is 1.65. The number of amides is 1. The monoisotopic (exact) mass is 455 g/mol. The van der Waals surface area contributed by atoms with Crippen LogP contribution in [-0.4, -0.2) is 52.8 Å². The van der Waals surface area contributed by atoms with E-state index < -0.39 is 0 Å². The minimum Gasteiger partial charge on any atom is -0.497 e. The average molecular weight is 456 g/mol. The molecule has 0 saturated carbocycles. The number of ether oxygens (including phenoxy) is 2. The lowest BCUT2D eigenvalue weighted by Gasteiger charge is -2.31. The van der Waals surface area contributed by atoms with E-state index in [2.05, 4.69) is 9.97 Å². The Morgan fingerprint density at radius 2 is 2.03 bits per heavy atom. The van der Waals surface area contributed by atoms with Gasteiger partial charge in [-0.3, -0.25) is 4.79 Å².